The molecule has 22 heavy (non-hydrogen) atoms. The number of carbonyl (C=O) groups is 1. The Balaban J connectivity index is 1.79. The van der Waals surface area contributed by atoms with Crippen LogP contribution in [0, 0.1) is 0 Å². The molecule has 5 nitrogen and oxygen atoms in total. The number of rotatable bonds is 3. The molecular formula is C16H19N3O2Si. The molecule has 1 aromatic heterocycles. The third kappa shape index (κ3) is 3.09. The van der Waals surface area contributed by atoms with Gasteiger partial charge in [-0.25, -0.2) is 5.48 Å². The van der Waals surface area contributed by atoms with Crippen LogP contribution in [0.1, 0.15) is 27.2 Å². The Morgan fingerprint density at radius 3 is 2.91 bits per heavy atom. The summed E-state index contributed by atoms with van der Waals surface area (Å²) in [5.41, 5.74) is 5.62. The van der Waals surface area contributed by atoms with E-state index in [1.165, 1.54) is 5.56 Å². The Morgan fingerprint density at radius 2 is 2.18 bits per heavy atom. The summed E-state index contributed by atoms with van der Waals surface area (Å²) in [7, 11) is 1.04. The summed E-state index contributed by atoms with van der Waals surface area (Å²) in [6.07, 6.45) is 1.55. The first-order valence-electron chi connectivity index (χ1n) is 7.34. The predicted molar refractivity (Wildman–Crippen MR) is 86.0 cm³/mol. The van der Waals surface area contributed by atoms with Crippen molar-refractivity contribution in [3.05, 3.63) is 65.0 Å². The van der Waals surface area contributed by atoms with E-state index in [-0.39, 0.29) is 0 Å². The Bertz CT molecular complexity index is 678. The van der Waals surface area contributed by atoms with Gasteiger partial charge in [-0.1, -0.05) is 30.3 Å². The Morgan fingerprint density at radius 1 is 1.41 bits per heavy atom. The molecule has 2 aromatic rings. The number of nitrogens with one attached hydrogen (secondary N) is 1. The SMILES string of the molecule is CN1Cc2cc(C(=O)NO)cnc2C[Si@@H]1Cc1ccccc1. The van der Waals surface area contributed by atoms with Crippen molar-refractivity contribution in [3.8, 4) is 0 Å². The lowest BCUT2D eigenvalue weighted by atomic mass is 10.1. The summed E-state index contributed by atoms with van der Waals surface area (Å²) >= 11 is 0. The van der Waals surface area contributed by atoms with Gasteiger partial charge in [-0.3, -0.25) is 15.0 Å². The molecule has 0 saturated heterocycles. The van der Waals surface area contributed by atoms with Gasteiger partial charge in [0.1, 0.15) is 8.96 Å². The maximum absolute atomic E-state index is 11.5. The maximum Gasteiger partial charge on any atom is 0.276 e. The van der Waals surface area contributed by atoms with Crippen LogP contribution in [-0.2, 0) is 18.6 Å². The number of benzene rings is 1. The van der Waals surface area contributed by atoms with E-state index < -0.39 is 14.9 Å². The standard InChI is InChI=1S/C16H19N3O2Si/c1-19-9-14-7-13(16(20)18-21)8-17-15(14)11-22(19)10-12-5-3-2-4-6-12/h2-8,21-22H,9-11H2,1H3,(H,18,20)/t22-/m0/s1. The van der Waals surface area contributed by atoms with Gasteiger partial charge in [0.15, 0.2) is 0 Å². The minimum absolute atomic E-state index is 0.401. The van der Waals surface area contributed by atoms with Gasteiger partial charge in [0.25, 0.3) is 5.91 Å². The number of hydrogen-bond donors (Lipinski definition) is 2. The van der Waals surface area contributed by atoms with E-state index in [2.05, 4.69) is 40.9 Å². The molecule has 0 spiro atoms. The second-order valence-corrected chi connectivity index (χ2v) is 8.74. The zero-order valence-corrected chi connectivity index (χ0v) is 13.6. The number of hydroxylamine groups is 1. The first-order chi connectivity index (χ1) is 10.7. The number of aromatic nitrogens is 1. The molecule has 0 fully saturated rings. The second kappa shape index (κ2) is 6.39. The lowest BCUT2D eigenvalue weighted by Gasteiger charge is -2.32. The lowest BCUT2D eigenvalue weighted by molar-refractivity contribution is 0.0705. The number of carbonyl (C=O) groups excluding carboxylic acids is 1. The largest absolute Gasteiger partial charge is 0.324 e. The van der Waals surface area contributed by atoms with E-state index in [1.54, 1.807) is 11.7 Å². The summed E-state index contributed by atoms with van der Waals surface area (Å²) < 4.78 is 2.43. The van der Waals surface area contributed by atoms with Gasteiger partial charge < -0.3 is 4.57 Å². The molecule has 1 amide bonds. The summed E-state index contributed by atoms with van der Waals surface area (Å²) in [4.78, 5) is 15.9. The topological polar surface area (TPSA) is 65.5 Å². The highest BCUT2D eigenvalue weighted by Gasteiger charge is 2.26. The minimum Gasteiger partial charge on any atom is -0.324 e. The first kappa shape index (κ1) is 14.9. The summed E-state index contributed by atoms with van der Waals surface area (Å²) in [6.45, 7) is 0.818. The van der Waals surface area contributed by atoms with E-state index in [4.69, 9.17) is 5.21 Å². The van der Waals surface area contributed by atoms with Crippen molar-refractivity contribution >= 4 is 14.9 Å². The van der Waals surface area contributed by atoms with E-state index in [0.29, 0.717) is 5.56 Å². The van der Waals surface area contributed by atoms with Crippen molar-refractivity contribution in [2.24, 2.45) is 0 Å². The molecule has 0 unspecified atom stereocenters. The zero-order chi connectivity index (χ0) is 15.5. The van der Waals surface area contributed by atoms with Gasteiger partial charge in [0.05, 0.1) is 5.56 Å². The molecule has 1 atom stereocenters. The molecule has 0 aliphatic carbocycles. The number of hydrogen-bond acceptors (Lipinski definition) is 4. The molecule has 3 rings (SSSR count). The fourth-order valence-electron chi connectivity index (χ4n) is 2.94. The lowest BCUT2D eigenvalue weighted by Crippen LogP contribution is -2.44. The van der Waals surface area contributed by atoms with Crippen molar-refractivity contribution in [3.63, 3.8) is 0 Å². The molecule has 6 heteroatoms. The molecule has 1 aromatic carbocycles. The van der Waals surface area contributed by atoms with Crippen molar-refractivity contribution in [2.75, 3.05) is 7.05 Å². The molecule has 2 heterocycles. The molecule has 0 bridgehead atoms. The third-order valence-corrected chi connectivity index (χ3v) is 7.44. The highest BCUT2D eigenvalue weighted by molar-refractivity contribution is 6.55. The fraction of sp³-hybridized carbons (Fsp3) is 0.250. The average Bonchev–Trinajstić information content (AvgIpc) is 2.55. The zero-order valence-electron chi connectivity index (χ0n) is 12.5. The Labute approximate surface area is 131 Å². The van der Waals surface area contributed by atoms with Gasteiger partial charge in [0.2, 0.25) is 0 Å². The van der Waals surface area contributed by atoms with Crippen molar-refractivity contribution in [2.45, 2.75) is 18.6 Å². The van der Waals surface area contributed by atoms with Crippen LogP contribution in [0.3, 0.4) is 0 Å². The van der Waals surface area contributed by atoms with Crippen LogP contribution >= 0.6 is 0 Å². The van der Waals surface area contributed by atoms with Crippen LogP contribution in [0.4, 0.5) is 0 Å². The number of fused-ring (bicyclic) bond motifs is 1. The number of amides is 1. The van der Waals surface area contributed by atoms with Crippen LogP contribution in [0.25, 0.3) is 0 Å². The smallest absolute Gasteiger partial charge is 0.276 e. The van der Waals surface area contributed by atoms with E-state index in [0.717, 1.165) is 29.9 Å². The van der Waals surface area contributed by atoms with E-state index in [1.807, 2.05) is 12.1 Å². The molecule has 114 valence electrons. The number of pyridine rings is 1. The fourth-order valence-corrected chi connectivity index (χ4v) is 5.79. The molecule has 2 N–H and O–H groups in total. The molecule has 1 aliphatic heterocycles. The van der Waals surface area contributed by atoms with Crippen LogP contribution < -0.4 is 5.48 Å². The monoisotopic (exact) mass is 313 g/mol. The van der Waals surface area contributed by atoms with Crippen LogP contribution in [0.2, 0.25) is 0 Å². The van der Waals surface area contributed by atoms with Gasteiger partial charge in [-0.05, 0) is 36.3 Å². The van der Waals surface area contributed by atoms with Gasteiger partial charge in [-0.2, -0.15) is 0 Å². The van der Waals surface area contributed by atoms with E-state index in [9.17, 15) is 4.79 Å². The highest BCUT2D eigenvalue weighted by Crippen LogP contribution is 2.21. The van der Waals surface area contributed by atoms with Crippen LogP contribution in [-0.4, -0.2) is 36.7 Å². The average molecular weight is 313 g/mol. The van der Waals surface area contributed by atoms with Crippen molar-refractivity contribution in [1.29, 1.82) is 0 Å². The molecule has 0 radical (unpaired) electrons. The third-order valence-electron chi connectivity index (χ3n) is 4.21. The Kier molecular flexibility index (Phi) is 4.33. The molecule has 1 aliphatic rings. The van der Waals surface area contributed by atoms with E-state index >= 15 is 0 Å². The summed E-state index contributed by atoms with van der Waals surface area (Å²) in [6, 6.07) is 14.5. The quantitative estimate of drug-likeness (QED) is 0.508. The van der Waals surface area contributed by atoms with Crippen molar-refractivity contribution < 1.29 is 10.0 Å². The maximum atomic E-state index is 11.5. The van der Waals surface area contributed by atoms with Crippen molar-refractivity contribution in [1.82, 2.24) is 15.0 Å². The summed E-state index contributed by atoms with van der Waals surface area (Å²) in [5.74, 6) is -0.512. The summed E-state index contributed by atoms with van der Waals surface area (Å²) in [5, 5.41) is 8.72. The highest BCUT2D eigenvalue weighted by atomic mass is 28.3. The van der Waals surface area contributed by atoms with Crippen LogP contribution in [0.5, 0.6) is 0 Å². The minimum atomic E-state index is -1.11. The predicted octanol–water partition coefficient (Wildman–Crippen LogP) is 1.23. The normalized spacial score (nSPS) is 17.8. The molecule has 0 saturated carbocycles. The first-order valence-corrected chi connectivity index (χ1v) is 9.48. The van der Waals surface area contributed by atoms with Crippen LogP contribution in [0.15, 0.2) is 42.6 Å². The number of nitrogens with zero attached hydrogens (tertiary/aromatic N) is 2. The molecular weight excluding hydrogens is 294 g/mol. The Hall–Kier alpha value is -2.02. The van der Waals surface area contributed by atoms with Gasteiger partial charge in [0, 0.05) is 18.4 Å². The van der Waals surface area contributed by atoms with Gasteiger partial charge >= 0.3 is 0 Å². The van der Waals surface area contributed by atoms with Gasteiger partial charge in [-0.15, -0.1) is 0 Å². The second-order valence-electron chi connectivity index (χ2n) is 5.73.